The Morgan fingerprint density at radius 3 is 2.46 bits per heavy atom. The summed E-state index contributed by atoms with van der Waals surface area (Å²) in [5, 5.41) is 13.1. The van der Waals surface area contributed by atoms with E-state index >= 15 is 0 Å². The summed E-state index contributed by atoms with van der Waals surface area (Å²) < 4.78 is 13.1. The first-order valence-corrected chi connectivity index (χ1v) is 9.17. The molecule has 5 heteroatoms. The predicted octanol–water partition coefficient (Wildman–Crippen LogP) is 4.47. The average molecular weight is 370 g/mol. The maximum Gasteiger partial charge on any atom is 0.123 e. The van der Waals surface area contributed by atoms with E-state index in [1.807, 2.05) is 18.3 Å². The highest BCUT2D eigenvalue weighted by Crippen LogP contribution is 2.36. The Labute approximate surface area is 153 Å². The van der Waals surface area contributed by atoms with Gasteiger partial charge in [0.05, 0.1) is 5.60 Å². The number of likely N-dealkylation sites (tertiary alicyclic amines) is 1. The van der Waals surface area contributed by atoms with Crippen LogP contribution in [0.15, 0.2) is 41.8 Å². The second-order valence-corrected chi connectivity index (χ2v) is 7.63. The van der Waals surface area contributed by atoms with Crippen LogP contribution >= 0.6 is 23.7 Å². The number of aliphatic hydroxyl groups is 1. The van der Waals surface area contributed by atoms with Gasteiger partial charge in [-0.25, -0.2) is 4.39 Å². The maximum absolute atomic E-state index is 13.1. The van der Waals surface area contributed by atoms with Crippen LogP contribution in [0.25, 0.3) is 0 Å². The summed E-state index contributed by atoms with van der Waals surface area (Å²) in [7, 11) is 0. The normalized spacial score (nSPS) is 18.8. The van der Waals surface area contributed by atoms with E-state index in [2.05, 4.69) is 22.4 Å². The molecule has 1 saturated heterocycles. The monoisotopic (exact) mass is 369 g/mol. The molecule has 2 nitrogen and oxygen atoms in total. The van der Waals surface area contributed by atoms with Gasteiger partial charge in [-0.2, -0.15) is 0 Å². The third-order valence-electron chi connectivity index (χ3n) is 5.07. The summed E-state index contributed by atoms with van der Waals surface area (Å²) in [5.41, 5.74) is -0.0657. The molecule has 24 heavy (non-hydrogen) atoms. The van der Waals surface area contributed by atoms with Gasteiger partial charge in [0.15, 0.2) is 0 Å². The van der Waals surface area contributed by atoms with Crippen LogP contribution in [0.2, 0.25) is 0 Å². The van der Waals surface area contributed by atoms with Gasteiger partial charge >= 0.3 is 0 Å². The highest BCUT2D eigenvalue weighted by molar-refractivity contribution is 7.09. The molecule has 1 aromatic heterocycles. The molecule has 1 aliphatic heterocycles. The van der Waals surface area contributed by atoms with E-state index in [1.165, 1.54) is 17.0 Å². The Hall–Kier alpha value is -0.940. The minimum atomic E-state index is -0.881. The summed E-state index contributed by atoms with van der Waals surface area (Å²) >= 11 is 1.82. The Bertz CT molecular complexity index is 607. The fraction of sp³-hybridized carbons (Fsp3) is 0.474. The van der Waals surface area contributed by atoms with Crippen molar-refractivity contribution in [3.05, 3.63) is 58.0 Å². The predicted molar refractivity (Wildman–Crippen MR) is 100 cm³/mol. The molecule has 1 fully saturated rings. The quantitative estimate of drug-likeness (QED) is 0.840. The molecule has 0 saturated carbocycles. The van der Waals surface area contributed by atoms with Gasteiger partial charge in [0, 0.05) is 11.4 Å². The van der Waals surface area contributed by atoms with Crippen molar-refractivity contribution in [3.63, 3.8) is 0 Å². The minimum absolute atomic E-state index is 0. The number of halogens is 2. The van der Waals surface area contributed by atoms with E-state index in [0.717, 1.165) is 44.5 Å². The van der Waals surface area contributed by atoms with E-state index < -0.39 is 5.60 Å². The molecule has 1 atom stereocenters. The number of nitrogens with zero attached hydrogens (tertiary/aromatic N) is 1. The van der Waals surface area contributed by atoms with Crippen molar-refractivity contribution in [1.29, 1.82) is 0 Å². The van der Waals surface area contributed by atoms with Crippen molar-refractivity contribution in [2.24, 2.45) is 5.92 Å². The summed E-state index contributed by atoms with van der Waals surface area (Å²) in [4.78, 5) is 3.92. The zero-order chi connectivity index (χ0) is 16.3. The highest BCUT2D eigenvalue weighted by atomic mass is 35.5. The SMILES string of the molecule is CC(O)(c1ccc(F)cc1)C1CCN(CCc2cccs2)CC1.Cl. The molecule has 1 unspecified atom stereocenters. The van der Waals surface area contributed by atoms with Gasteiger partial charge in [-0.05, 0) is 74.3 Å². The number of thiophene rings is 1. The van der Waals surface area contributed by atoms with E-state index in [1.54, 1.807) is 12.1 Å². The lowest BCUT2D eigenvalue weighted by atomic mass is 9.77. The van der Waals surface area contributed by atoms with Crippen molar-refractivity contribution in [3.8, 4) is 0 Å². The summed E-state index contributed by atoms with van der Waals surface area (Å²) in [6, 6.07) is 10.6. The molecule has 0 bridgehead atoms. The molecule has 2 heterocycles. The molecular weight excluding hydrogens is 345 g/mol. The number of hydrogen-bond donors (Lipinski definition) is 1. The largest absolute Gasteiger partial charge is 0.385 e. The molecule has 0 aliphatic carbocycles. The van der Waals surface area contributed by atoms with Gasteiger partial charge in [0.25, 0.3) is 0 Å². The van der Waals surface area contributed by atoms with Crippen molar-refractivity contribution >= 4 is 23.7 Å². The van der Waals surface area contributed by atoms with Gasteiger partial charge < -0.3 is 10.0 Å². The van der Waals surface area contributed by atoms with Crippen LogP contribution in [0.4, 0.5) is 4.39 Å². The van der Waals surface area contributed by atoms with Gasteiger partial charge in [-0.15, -0.1) is 23.7 Å². The van der Waals surface area contributed by atoms with Gasteiger partial charge in [-0.1, -0.05) is 18.2 Å². The molecule has 0 amide bonds. The van der Waals surface area contributed by atoms with Gasteiger partial charge in [-0.3, -0.25) is 0 Å². The lowest BCUT2D eigenvalue weighted by Crippen LogP contribution is -2.42. The molecule has 1 aromatic carbocycles. The fourth-order valence-electron chi connectivity index (χ4n) is 3.46. The second kappa shape index (κ2) is 8.43. The number of rotatable bonds is 5. The second-order valence-electron chi connectivity index (χ2n) is 6.60. The molecule has 0 spiro atoms. The van der Waals surface area contributed by atoms with Crippen molar-refractivity contribution < 1.29 is 9.50 Å². The molecule has 132 valence electrons. The van der Waals surface area contributed by atoms with Crippen LogP contribution in [0.3, 0.4) is 0 Å². The fourth-order valence-corrected chi connectivity index (χ4v) is 4.16. The molecule has 1 aliphatic rings. The number of benzene rings is 1. The van der Waals surface area contributed by atoms with Crippen LogP contribution in [0.1, 0.15) is 30.2 Å². The maximum atomic E-state index is 13.1. The minimum Gasteiger partial charge on any atom is -0.385 e. The highest BCUT2D eigenvalue weighted by Gasteiger charge is 2.35. The third-order valence-corrected chi connectivity index (χ3v) is 6.00. The lowest BCUT2D eigenvalue weighted by molar-refractivity contribution is -0.0328. The van der Waals surface area contributed by atoms with Crippen molar-refractivity contribution in [2.75, 3.05) is 19.6 Å². The molecule has 2 aromatic rings. The van der Waals surface area contributed by atoms with Gasteiger partial charge in [0.2, 0.25) is 0 Å². The molecule has 1 N–H and O–H groups in total. The zero-order valence-corrected chi connectivity index (χ0v) is 15.6. The van der Waals surface area contributed by atoms with Crippen LogP contribution in [0.5, 0.6) is 0 Å². The summed E-state index contributed by atoms with van der Waals surface area (Å²) in [5.74, 6) is -0.0288. The van der Waals surface area contributed by atoms with Crippen LogP contribution in [0, 0.1) is 11.7 Å². The van der Waals surface area contributed by atoms with Crippen LogP contribution in [-0.2, 0) is 12.0 Å². The zero-order valence-electron chi connectivity index (χ0n) is 14.0. The third kappa shape index (κ3) is 4.57. The van der Waals surface area contributed by atoms with E-state index in [4.69, 9.17) is 0 Å². The van der Waals surface area contributed by atoms with E-state index in [-0.39, 0.29) is 24.1 Å². The summed E-state index contributed by atoms with van der Waals surface area (Å²) in [6.07, 6.45) is 3.07. The Kier molecular flexibility index (Phi) is 6.81. The summed E-state index contributed by atoms with van der Waals surface area (Å²) in [6.45, 7) is 5.00. The van der Waals surface area contributed by atoms with Crippen molar-refractivity contribution in [1.82, 2.24) is 4.90 Å². The first-order valence-electron chi connectivity index (χ1n) is 8.29. The smallest absolute Gasteiger partial charge is 0.123 e. The van der Waals surface area contributed by atoms with Crippen LogP contribution < -0.4 is 0 Å². The Morgan fingerprint density at radius 2 is 1.88 bits per heavy atom. The first-order chi connectivity index (χ1) is 11.1. The van der Waals surface area contributed by atoms with E-state index in [0.29, 0.717) is 0 Å². The average Bonchev–Trinajstić information content (AvgIpc) is 3.07. The van der Waals surface area contributed by atoms with Crippen molar-refractivity contribution in [2.45, 2.75) is 31.8 Å². The Morgan fingerprint density at radius 1 is 1.21 bits per heavy atom. The standard InChI is InChI=1S/C19H24FNOS.ClH/c1-19(22,15-4-6-17(20)7-5-15)16-8-11-21(12-9-16)13-10-18-3-2-14-23-18;/h2-7,14,16,22H,8-13H2,1H3;1H. The molecule has 3 rings (SSSR count). The van der Waals surface area contributed by atoms with Gasteiger partial charge in [0.1, 0.15) is 5.82 Å². The number of piperidine rings is 1. The Balaban J connectivity index is 0.00000208. The lowest BCUT2D eigenvalue weighted by Gasteiger charge is -2.40. The molecular formula is C19H25ClFNOS. The topological polar surface area (TPSA) is 23.5 Å². The number of hydrogen-bond acceptors (Lipinski definition) is 3. The molecule has 0 radical (unpaired) electrons. The van der Waals surface area contributed by atoms with E-state index in [9.17, 15) is 9.50 Å². The van der Waals surface area contributed by atoms with Crippen LogP contribution in [-0.4, -0.2) is 29.6 Å². The first kappa shape index (κ1) is 19.4.